The molecule has 1 aromatic carbocycles. The summed E-state index contributed by atoms with van der Waals surface area (Å²) in [4.78, 5) is 32.2. The molecule has 6 nitrogen and oxygen atoms in total. The molecule has 2 saturated carbocycles. The van der Waals surface area contributed by atoms with Crippen LogP contribution in [0.15, 0.2) is 24.3 Å². The summed E-state index contributed by atoms with van der Waals surface area (Å²) >= 11 is 0. The van der Waals surface area contributed by atoms with Crippen molar-refractivity contribution >= 4 is 12.0 Å². The molecule has 2 aliphatic heterocycles. The number of piperidine rings is 1. The molecule has 2 aliphatic carbocycles. The minimum absolute atomic E-state index is 0.148. The first-order valence-electron chi connectivity index (χ1n) is 12.7. The van der Waals surface area contributed by atoms with E-state index in [2.05, 4.69) is 29.2 Å². The highest BCUT2D eigenvalue weighted by molar-refractivity contribution is 5.84. The minimum Gasteiger partial charge on any atom is -0.444 e. The molecular weight excluding hydrogens is 414 g/mol. The lowest BCUT2D eigenvalue weighted by atomic mass is 9.59. The van der Waals surface area contributed by atoms with Crippen molar-refractivity contribution < 1.29 is 14.3 Å². The fourth-order valence-corrected chi connectivity index (χ4v) is 6.16. The van der Waals surface area contributed by atoms with E-state index in [0.29, 0.717) is 17.4 Å². The van der Waals surface area contributed by atoms with Crippen LogP contribution in [0.1, 0.15) is 82.4 Å². The van der Waals surface area contributed by atoms with Crippen molar-refractivity contribution in [3.05, 3.63) is 35.4 Å². The second-order valence-electron chi connectivity index (χ2n) is 11.8. The Labute approximate surface area is 198 Å². The average molecular weight is 454 g/mol. The molecule has 1 spiro atoms. The summed E-state index contributed by atoms with van der Waals surface area (Å²) in [6, 6.07) is 8.95. The number of carbonyl (C=O) groups excluding carboxylic acids is 2. The summed E-state index contributed by atoms with van der Waals surface area (Å²) in [5.41, 5.74) is 2.48. The Morgan fingerprint density at radius 1 is 1.00 bits per heavy atom. The monoisotopic (exact) mass is 453 g/mol. The number of carbonyl (C=O) groups is 2. The largest absolute Gasteiger partial charge is 0.444 e. The molecule has 1 unspecified atom stereocenters. The van der Waals surface area contributed by atoms with Crippen molar-refractivity contribution in [2.75, 3.05) is 33.2 Å². The van der Waals surface area contributed by atoms with Crippen molar-refractivity contribution in [2.24, 2.45) is 5.41 Å². The first-order chi connectivity index (χ1) is 15.7. The van der Waals surface area contributed by atoms with Crippen LogP contribution in [-0.2, 0) is 9.53 Å². The maximum Gasteiger partial charge on any atom is 0.410 e. The fraction of sp³-hybridized carbons (Fsp3) is 0.704. The molecule has 0 aromatic heterocycles. The van der Waals surface area contributed by atoms with Crippen LogP contribution in [0.3, 0.4) is 0 Å². The van der Waals surface area contributed by atoms with Gasteiger partial charge in [0.25, 0.3) is 0 Å². The normalized spacial score (nSPS) is 26.4. The van der Waals surface area contributed by atoms with Crippen molar-refractivity contribution in [3.63, 3.8) is 0 Å². The number of nitrogens with zero attached hydrogens (tertiary/aromatic N) is 3. The molecule has 0 bridgehead atoms. The number of hydrogen-bond acceptors (Lipinski definition) is 4. The first kappa shape index (κ1) is 22.7. The average Bonchev–Trinajstić information content (AvgIpc) is 3.58. The quantitative estimate of drug-likeness (QED) is 0.673. The van der Waals surface area contributed by atoms with E-state index in [1.54, 1.807) is 0 Å². The summed E-state index contributed by atoms with van der Waals surface area (Å²) in [5.74, 6) is 0.878. The Balaban J connectivity index is 1.26. The summed E-state index contributed by atoms with van der Waals surface area (Å²) in [7, 11) is 1.95. The van der Waals surface area contributed by atoms with Crippen molar-refractivity contribution in [1.82, 2.24) is 14.7 Å². The zero-order valence-electron chi connectivity index (χ0n) is 20.7. The maximum absolute atomic E-state index is 13.4. The standard InChI is InChI=1S/C27H39N3O3/c1-26(2,3)33-25(32)29-13-11-27(12-14-29)17-20(18-27)30-16-15-28(4)24(31)23(30)22-8-6-5-7-21(22)19-9-10-19/h5-8,19-20,23H,9-18H2,1-4H3. The highest BCUT2D eigenvalue weighted by atomic mass is 16.6. The molecule has 2 saturated heterocycles. The minimum atomic E-state index is -0.451. The predicted molar refractivity (Wildman–Crippen MR) is 128 cm³/mol. The smallest absolute Gasteiger partial charge is 0.410 e. The molecule has 0 N–H and O–H groups in total. The molecule has 2 heterocycles. The molecule has 5 rings (SSSR count). The first-order valence-corrected chi connectivity index (χ1v) is 12.7. The number of amides is 2. The third-order valence-corrected chi connectivity index (χ3v) is 8.23. The van der Waals surface area contributed by atoms with E-state index in [1.807, 2.05) is 37.6 Å². The molecule has 0 radical (unpaired) electrons. The number of likely N-dealkylation sites (tertiary alicyclic amines) is 1. The van der Waals surface area contributed by atoms with Crippen LogP contribution in [0.4, 0.5) is 4.79 Å². The van der Waals surface area contributed by atoms with Gasteiger partial charge < -0.3 is 14.5 Å². The van der Waals surface area contributed by atoms with E-state index in [4.69, 9.17) is 4.74 Å². The Kier molecular flexibility index (Phi) is 5.71. The zero-order valence-corrected chi connectivity index (χ0v) is 20.7. The van der Waals surface area contributed by atoms with E-state index in [9.17, 15) is 9.59 Å². The predicted octanol–water partition coefficient (Wildman–Crippen LogP) is 4.56. The van der Waals surface area contributed by atoms with Crippen LogP contribution < -0.4 is 0 Å². The molecule has 1 aromatic rings. The van der Waals surface area contributed by atoms with Gasteiger partial charge in [0, 0.05) is 39.3 Å². The second kappa shape index (κ2) is 8.30. The second-order valence-corrected chi connectivity index (χ2v) is 11.8. The highest BCUT2D eigenvalue weighted by Crippen LogP contribution is 2.53. The Morgan fingerprint density at radius 3 is 2.24 bits per heavy atom. The van der Waals surface area contributed by atoms with Gasteiger partial charge >= 0.3 is 6.09 Å². The van der Waals surface area contributed by atoms with Crippen LogP contribution in [-0.4, -0.2) is 71.6 Å². The number of likely N-dealkylation sites (N-methyl/N-ethyl adjacent to an activating group) is 1. The van der Waals surface area contributed by atoms with Crippen molar-refractivity contribution in [2.45, 2.75) is 82.9 Å². The van der Waals surface area contributed by atoms with Gasteiger partial charge in [-0.3, -0.25) is 9.69 Å². The van der Waals surface area contributed by atoms with Crippen LogP contribution in [0.2, 0.25) is 0 Å². The van der Waals surface area contributed by atoms with E-state index in [1.165, 1.54) is 24.0 Å². The van der Waals surface area contributed by atoms with Crippen LogP contribution >= 0.6 is 0 Å². The van der Waals surface area contributed by atoms with Gasteiger partial charge in [0.15, 0.2) is 0 Å². The molecule has 6 heteroatoms. The van der Waals surface area contributed by atoms with Crippen LogP contribution in [0.25, 0.3) is 0 Å². The molecule has 4 fully saturated rings. The molecule has 4 aliphatic rings. The van der Waals surface area contributed by atoms with E-state index >= 15 is 0 Å². The summed E-state index contributed by atoms with van der Waals surface area (Å²) < 4.78 is 5.57. The highest BCUT2D eigenvalue weighted by Gasteiger charge is 2.52. The van der Waals surface area contributed by atoms with Crippen molar-refractivity contribution in [1.29, 1.82) is 0 Å². The third-order valence-electron chi connectivity index (χ3n) is 8.23. The molecule has 2 amide bonds. The van der Waals surface area contributed by atoms with Gasteiger partial charge in [-0.1, -0.05) is 24.3 Å². The van der Waals surface area contributed by atoms with Crippen LogP contribution in [0.5, 0.6) is 0 Å². The van der Waals surface area contributed by atoms with Crippen molar-refractivity contribution in [3.8, 4) is 0 Å². The summed E-state index contributed by atoms with van der Waals surface area (Å²) in [6.45, 7) is 9.05. The summed E-state index contributed by atoms with van der Waals surface area (Å²) in [6.07, 6.45) is 6.64. The summed E-state index contributed by atoms with van der Waals surface area (Å²) in [5, 5.41) is 0. The van der Waals surface area contributed by atoms with E-state index in [-0.39, 0.29) is 18.0 Å². The molecule has 1 atom stereocenters. The molecular formula is C27H39N3O3. The molecule has 180 valence electrons. The van der Waals surface area contributed by atoms with E-state index in [0.717, 1.165) is 51.9 Å². The van der Waals surface area contributed by atoms with Gasteiger partial charge in [0.1, 0.15) is 11.6 Å². The zero-order chi connectivity index (χ0) is 23.4. The Hall–Kier alpha value is -2.08. The van der Waals surface area contributed by atoms with Crippen LogP contribution in [0, 0.1) is 5.41 Å². The fourth-order valence-electron chi connectivity index (χ4n) is 6.16. The number of hydrogen-bond donors (Lipinski definition) is 0. The lowest BCUT2D eigenvalue weighted by molar-refractivity contribution is -0.148. The number of benzene rings is 1. The topological polar surface area (TPSA) is 53.1 Å². The van der Waals surface area contributed by atoms with Gasteiger partial charge in [0.05, 0.1) is 0 Å². The van der Waals surface area contributed by atoms with Gasteiger partial charge in [-0.25, -0.2) is 4.79 Å². The van der Waals surface area contributed by atoms with Gasteiger partial charge in [-0.15, -0.1) is 0 Å². The molecule has 33 heavy (non-hydrogen) atoms. The lowest BCUT2D eigenvalue weighted by Gasteiger charge is -2.57. The number of rotatable bonds is 3. The number of ether oxygens (including phenoxy) is 1. The number of piperazine rings is 1. The van der Waals surface area contributed by atoms with Gasteiger partial charge in [-0.05, 0) is 81.8 Å². The SMILES string of the molecule is CN1CCN(C2CC3(CCN(C(=O)OC(C)(C)C)CC3)C2)C(c2ccccc2C2CC2)C1=O. The van der Waals surface area contributed by atoms with Gasteiger partial charge in [-0.2, -0.15) is 0 Å². The Bertz CT molecular complexity index is 903. The maximum atomic E-state index is 13.4. The Morgan fingerprint density at radius 2 is 1.64 bits per heavy atom. The van der Waals surface area contributed by atoms with Gasteiger partial charge in [0.2, 0.25) is 5.91 Å². The van der Waals surface area contributed by atoms with E-state index < -0.39 is 5.60 Å². The third kappa shape index (κ3) is 4.51. The lowest BCUT2D eigenvalue weighted by Crippen LogP contribution is -2.61.